The number of nitrogens with one attached hydrogen (secondary N) is 2. The Balaban J connectivity index is 1.61. The molecule has 0 fully saturated rings. The molecule has 0 radical (unpaired) electrons. The van der Waals surface area contributed by atoms with Gasteiger partial charge in [-0.2, -0.15) is 13.2 Å². The summed E-state index contributed by atoms with van der Waals surface area (Å²) >= 11 is 2.16. The Labute approximate surface area is 202 Å². The lowest BCUT2D eigenvalue weighted by atomic mass is 10.0. The zero-order chi connectivity index (χ0) is 24.0. The Morgan fingerprint density at radius 2 is 1.55 bits per heavy atom. The quantitative estimate of drug-likeness (QED) is 0.371. The Bertz CT molecular complexity index is 1120. The number of benzene rings is 3. The Morgan fingerprint density at radius 1 is 0.939 bits per heavy atom. The maximum Gasteiger partial charge on any atom is 0.416 e. The van der Waals surface area contributed by atoms with E-state index in [-0.39, 0.29) is 12.1 Å². The molecule has 0 aliphatic rings. The van der Waals surface area contributed by atoms with Gasteiger partial charge in [-0.1, -0.05) is 36.4 Å². The number of rotatable bonds is 7. The summed E-state index contributed by atoms with van der Waals surface area (Å²) in [5.41, 5.74) is 1.59. The van der Waals surface area contributed by atoms with Crippen molar-refractivity contribution in [2.45, 2.75) is 18.8 Å². The average Bonchev–Trinajstić information content (AvgIpc) is 2.80. The van der Waals surface area contributed by atoms with Crippen LogP contribution < -0.4 is 10.6 Å². The van der Waals surface area contributed by atoms with E-state index < -0.39 is 36.2 Å². The van der Waals surface area contributed by atoms with Gasteiger partial charge in [0.05, 0.1) is 12.2 Å². The van der Waals surface area contributed by atoms with Crippen LogP contribution in [-0.2, 0) is 17.5 Å². The number of aliphatic hydroxyl groups is 1. The van der Waals surface area contributed by atoms with Crippen LogP contribution in [0.1, 0.15) is 21.5 Å². The molecule has 172 valence electrons. The van der Waals surface area contributed by atoms with E-state index in [1.54, 1.807) is 12.1 Å². The number of aliphatic hydroxyl groups excluding tert-OH is 1. The van der Waals surface area contributed by atoms with Crippen LogP contribution in [0.25, 0.3) is 11.1 Å². The largest absolute Gasteiger partial charge is 0.416 e. The van der Waals surface area contributed by atoms with Crippen molar-refractivity contribution in [2.75, 3.05) is 6.61 Å². The monoisotopic (exact) mass is 568 g/mol. The van der Waals surface area contributed by atoms with Gasteiger partial charge < -0.3 is 15.7 Å². The predicted octanol–water partition coefficient (Wildman–Crippen LogP) is 4.38. The van der Waals surface area contributed by atoms with Crippen molar-refractivity contribution >= 4 is 34.4 Å². The molecular formula is C24H20F3IN2O3. The van der Waals surface area contributed by atoms with Crippen LogP contribution in [0.2, 0.25) is 0 Å². The molecule has 9 heteroatoms. The molecule has 0 aromatic heterocycles. The Hall–Kier alpha value is -2.92. The van der Waals surface area contributed by atoms with Gasteiger partial charge in [0.2, 0.25) is 5.91 Å². The fourth-order valence-electron chi connectivity index (χ4n) is 3.06. The average molecular weight is 568 g/mol. The minimum Gasteiger partial charge on any atom is -0.394 e. The first-order valence-electron chi connectivity index (χ1n) is 9.89. The van der Waals surface area contributed by atoms with E-state index in [0.29, 0.717) is 11.1 Å². The second kappa shape index (κ2) is 10.8. The highest BCUT2D eigenvalue weighted by molar-refractivity contribution is 14.1. The topological polar surface area (TPSA) is 78.4 Å². The molecule has 3 N–H and O–H groups in total. The van der Waals surface area contributed by atoms with Crippen LogP contribution in [0.4, 0.5) is 13.2 Å². The molecule has 0 aliphatic carbocycles. The summed E-state index contributed by atoms with van der Waals surface area (Å²) in [5, 5.41) is 14.7. The zero-order valence-electron chi connectivity index (χ0n) is 17.2. The normalized spacial score (nSPS) is 12.2. The minimum absolute atomic E-state index is 0.245. The van der Waals surface area contributed by atoms with Crippen molar-refractivity contribution in [2.24, 2.45) is 0 Å². The molecule has 3 aromatic carbocycles. The van der Waals surface area contributed by atoms with E-state index in [0.717, 1.165) is 21.3 Å². The SMILES string of the molecule is O=C(N[C@@H](CO)C(=O)NCc1cccc(I)c1)c1ccc(-c2ccc(C(F)(F)F)cc2)cc1. The third kappa shape index (κ3) is 6.78. The van der Waals surface area contributed by atoms with E-state index in [1.807, 2.05) is 24.3 Å². The minimum atomic E-state index is -4.41. The van der Waals surface area contributed by atoms with Crippen LogP contribution in [0.5, 0.6) is 0 Å². The van der Waals surface area contributed by atoms with E-state index in [9.17, 15) is 27.9 Å². The highest BCUT2D eigenvalue weighted by Gasteiger charge is 2.30. The number of alkyl halides is 3. The second-order valence-corrected chi connectivity index (χ2v) is 8.45. The summed E-state index contributed by atoms with van der Waals surface area (Å²) in [4.78, 5) is 24.9. The lowest BCUT2D eigenvalue weighted by molar-refractivity contribution is -0.137. The van der Waals surface area contributed by atoms with Gasteiger partial charge in [-0.25, -0.2) is 0 Å². The van der Waals surface area contributed by atoms with Crippen LogP contribution in [0.15, 0.2) is 72.8 Å². The molecule has 0 bridgehead atoms. The molecule has 0 spiro atoms. The van der Waals surface area contributed by atoms with Gasteiger partial charge in [0.1, 0.15) is 6.04 Å². The van der Waals surface area contributed by atoms with E-state index >= 15 is 0 Å². The van der Waals surface area contributed by atoms with Gasteiger partial charge in [0, 0.05) is 15.7 Å². The summed E-state index contributed by atoms with van der Waals surface area (Å²) in [6, 6.07) is 17.3. The molecule has 5 nitrogen and oxygen atoms in total. The molecule has 0 saturated heterocycles. The van der Waals surface area contributed by atoms with Gasteiger partial charge in [0.15, 0.2) is 0 Å². The summed E-state index contributed by atoms with van der Waals surface area (Å²) in [6.07, 6.45) is -4.41. The van der Waals surface area contributed by atoms with Crippen molar-refractivity contribution < 1.29 is 27.9 Å². The van der Waals surface area contributed by atoms with Gasteiger partial charge in [-0.15, -0.1) is 0 Å². The third-order valence-corrected chi connectivity index (χ3v) is 5.52. The molecule has 0 saturated carbocycles. The first-order chi connectivity index (χ1) is 15.7. The Kier molecular flexibility index (Phi) is 8.09. The lowest BCUT2D eigenvalue weighted by Gasteiger charge is -2.16. The number of hydrogen-bond donors (Lipinski definition) is 3. The van der Waals surface area contributed by atoms with Crippen LogP contribution in [0.3, 0.4) is 0 Å². The first-order valence-corrected chi connectivity index (χ1v) is 11.0. The standard InChI is InChI=1S/C24H20F3IN2O3/c25-24(26,27)19-10-8-17(9-11-19)16-4-6-18(7-5-16)22(32)30-21(14-31)23(33)29-13-15-2-1-3-20(28)12-15/h1-12,21,31H,13-14H2,(H,29,33)(H,30,32)/t21-/m0/s1. The smallest absolute Gasteiger partial charge is 0.394 e. The van der Waals surface area contributed by atoms with Crippen molar-refractivity contribution in [1.82, 2.24) is 10.6 Å². The number of carbonyl (C=O) groups excluding carboxylic acids is 2. The molecule has 1 atom stereocenters. The molecule has 0 heterocycles. The van der Waals surface area contributed by atoms with Crippen molar-refractivity contribution in [3.63, 3.8) is 0 Å². The highest BCUT2D eigenvalue weighted by Crippen LogP contribution is 2.31. The molecule has 3 rings (SSSR count). The maximum absolute atomic E-state index is 12.7. The third-order valence-electron chi connectivity index (χ3n) is 4.85. The maximum atomic E-state index is 12.7. The van der Waals surface area contributed by atoms with Gasteiger partial charge in [0.25, 0.3) is 5.91 Å². The summed E-state index contributed by atoms with van der Waals surface area (Å²) in [7, 11) is 0. The number of hydrogen-bond acceptors (Lipinski definition) is 3. The van der Waals surface area contributed by atoms with Crippen molar-refractivity contribution in [1.29, 1.82) is 0 Å². The lowest BCUT2D eigenvalue weighted by Crippen LogP contribution is -2.48. The summed E-state index contributed by atoms with van der Waals surface area (Å²) in [6.45, 7) is -0.322. The van der Waals surface area contributed by atoms with Crippen LogP contribution in [0, 0.1) is 3.57 Å². The fourth-order valence-corrected chi connectivity index (χ4v) is 3.67. The molecule has 33 heavy (non-hydrogen) atoms. The fraction of sp³-hybridized carbons (Fsp3) is 0.167. The number of carbonyl (C=O) groups is 2. The van der Waals surface area contributed by atoms with E-state index in [2.05, 4.69) is 33.2 Å². The highest BCUT2D eigenvalue weighted by atomic mass is 127. The molecule has 2 amide bonds. The molecule has 0 unspecified atom stereocenters. The second-order valence-electron chi connectivity index (χ2n) is 7.21. The zero-order valence-corrected chi connectivity index (χ0v) is 19.4. The molecular weight excluding hydrogens is 548 g/mol. The number of amides is 2. The van der Waals surface area contributed by atoms with Crippen LogP contribution >= 0.6 is 22.6 Å². The molecule has 0 aliphatic heterocycles. The van der Waals surface area contributed by atoms with Gasteiger partial charge >= 0.3 is 6.18 Å². The van der Waals surface area contributed by atoms with E-state index in [4.69, 9.17) is 0 Å². The Morgan fingerprint density at radius 3 is 2.09 bits per heavy atom. The molecule has 3 aromatic rings. The van der Waals surface area contributed by atoms with Crippen LogP contribution in [-0.4, -0.2) is 29.6 Å². The van der Waals surface area contributed by atoms with Crippen molar-refractivity contribution in [3.05, 3.63) is 93.1 Å². The number of halogens is 4. The van der Waals surface area contributed by atoms with E-state index in [1.165, 1.54) is 24.3 Å². The van der Waals surface area contributed by atoms with Crippen molar-refractivity contribution in [3.8, 4) is 11.1 Å². The summed E-state index contributed by atoms with van der Waals surface area (Å²) < 4.78 is 39.2. The van der Waals surface area contributed by atoms with Gasteiger partial charge in [-0.05, 0) is 75.7 Å². The predicted molar refractivity (Wildman–Crippen MR) is 126 cm³/mol. The first kappa shape index (κ1) is 24.7. The van der Waals surface area contributed by atoms with Gasteiger partial charge in [-0.3, -0.25) is 9.59 Å². The summed E-state index contributed by atoms with van der Waals surface area (Å²) in [5.74, 6) is -1.08.